The van der Waals surface area contributed by atoms with Crippen molar-refractivity contribution >= 4 is 24.1 Å². The molecule has 0 amide bonds. The molecule has 3 heteroatoms. The van der Waals surface area contributed by atoms with Gasteiger partial charge in [0.1, 0.15) is 9.49 Å². The molecule has 0 radical (unpaired) electrons. The zero-order valence-corrected chi connectivity index (χ0v) is 24.2. The van der Waals surface area contributed by atoms with Crippen molar-refractivity contribution in [3.63, 3.8) is 0 Å². The maximum absolute atomic E-state index is 6.92. The maximum Gasteiger partial charge on any atom is 0.118 e. The summed E-state index contributed by atoms with van der Waals surface area (Å²) in [5.74, 6) is 0. The van der Waals surface area contributed by atoms with Crippen LogP contribution in [0.4, 0.5) is 0 Å². The van der Waals surface area contributed by atoms with Gasteiger partial charge in [-0.05, 0) is 33.4 Å². The summed E-state index contributed by atoms with van der Waals surface area (Å²) in [4.78, 5) is 0. The third kappa shape index (κ3) is 5.37. The van der Waals surface area contributed by atoms with Crippen LogP contribution in [0.25, 0.3) is 0 Å². The van der Waals surface area contributed by atoms with Gasteiger partial charge in [-0.3, -0.25) is 0 Å². The van der Waals surface area contributed by atoms with Gasteiger partial charge in [0.15, 0.2) is 0 Å². The van der Waals surface area contributed by atoms with Crippen molar-refractivity contribution in [1.29, 1.82) is 0 Å². The Kier molecular flexibility index (Phi) is 8.39. The first-order valence-electron chi connectivity index (χ1n) is 13.7. The fraction of sp³-hybridized carbons (Fsp3) is 0.0526. The van der Waals surface area contributed by atoms with Crippen LogP contribution in [0.5, 0.6) is 0 Å². The van der Waals surface area contributed by atoms with E-state index in [9.17, 15) is 0 Å². The van der Waals surface area contributed by atoms with E-state index in [1.165, 1.54) is 24.1 Å². The zero-order valence-electron chi connectivity index (χ0n) is 22.5. The van der Waals surface area contributed by atoms with Crippen LogP contribution in [0.1, 0.15) is 33.4 Å². The number of rotatable bonds is 10. The Balaban J connectivity index is 1.50. The lowest BCUT2D eigenvalue weighted by Gasteiger charge is -2.37. The van der Waals surface area contributed by atoms with Crippen LogP contribution in [-0.2, 0) is 13.1 Å². The third-order valence-corrected chi connectivity index (χ3v) is 9.86. The Labute approximate surface area is 251 Å². The molecule has 0 aliphatic carbocycles. The quantitative estimate of drug-likeness (QED) is 0.121. The SMILES string of the molecule is c1ccc(C(SOSC(c2ccccc2)(c2ccccc2)c2ccccc2)(c2ccccc2)c2ccccc2)cc1. The highest BCUT2D eigenvalue weighted by atomic mass is 32.2. The summed E-state index contributed by atoms with van der Waals surface area (Å²) < 4.78 is 5.74. The minimum absolute atomic E-state index is 0.591. The van der Waals surface area contributed by atoms with Crippen LogP contribution >= 0.6 is 24.1 Å². The van der Waals surface area contributed by atoms with Crippen molar-refractivity contribution in [3.8, 4) is 0 Å². The molecular formula is C38H30OS2. The standard InChI is InChI=1S/C38H30OS2/c1-7-19-31(20-8-1)37(32-21-9-2-10-22-32,33-23-11-3-12-24-33)40-39-41-38(34-25-13-4-14-26-34,35-27-15-5-16-28-35)36-29-17-6-18-30-36/h1-30H. The molecule has 0 heterocycles. The highest BCUT2D eigenvalue weighted by molar-refractivity contribution is 8.09. The van der Waals surface area contributed by atoms with E-state index in [2.05, 4.69) is 182 Å². The second-order valence-electron chi connectivity index (χ2n) is 9.79. The molecule has 1 nitrogen and oxygen atoms in total. The molecular weight excluding hydrogens is 537 g/mol. The van der Waals surface area contributed by atoms with Crippen molar-refractivity contribution in [1.82, 2.24) is 0 Å². The van der Waals surface area contributed by atoms with Gasteiger partial charge in [0.25, 0.3) is 0 Å². The Hall–Kier alpha value is -4.02. The Morgan fingerprint density at radius 1 is 0.268 bits per heavy atom. The molecule has 0 saturated carbocycles. The topological polar surface area (TPSA) is 9.23 Å². The van der Waals surface area contributed by atoms with Gasteiger partial charge in [0, 0.05) is 24.1 Å². The smallest absolute Gasteiger partial charge is 0.118 e. The van der Waals surface area contributed by atoms with Crippen molar-refractivity contribution < 1.29 is 3.63 Å². The molecule has 6 aromatic rings. The van der Waals surface area contributed by atoms with E-state index in [-0.39, 0.29) is 0 Å². The molecule has 0 fully saturated rings. The molecule has 0 aromatic heterocycles. The van der Waals surface area contributed by atoms with Crippen LogP contribution in [0.15, 0.2) is 182 Å². The van der Waals surface area contributed by atoms with Crippen molar-refractivity contribution in [2.75, 3.05) is 0 Å². The fourth-order valence-corrected chi connectivity index (χ4v) is 7.79. The monoisotopic (exact) mass is 566 g/mol. The molecule has 41 heavy (non-hydrogen) atoms. The summed E-state index contributed by atoms with van der Waals surface area (Å²) in [6.07, 6.45) is 0. The summed E-state index contributed by atoms with van der Waals surface area (Å²) in [6.45, 7) is 0. The highest BCUT2D eigenvalue weighted by Crippen LogP contribution is 2.55. The first-order valence-corrected chi connectivity index (χ1v) is 15.2. The Morgan fingerprint density at radius 3 is 0.610 bits per heavy atom. The van der Waals surface area contributed by atoms with E-state index in [1.54, 1.807) is 0 Å². The molecule has 6 rings (SSSR count). The third-order valence-electron chi connectivity index (χ3n) is 7.40. The van der Waals surface area contributed by atoms with E-state index in [4.69, 9.17) is 3.63 Å². The molecule has 0 aliphatic rings. The van der Waals surface area contributed by atoms with Crippen LogP contribution in [0.2, 0.25) is 0 Å². The molecule has 0 saturated heterocycles. The van der Waals surface area contributed by atoms with Gasteiger partial charge in [0.2, 0.25) is 0 Å². The second-order valence-corrected chi connectivity index (χ2v) is 11.9. The van der Waals surface area contributed by atoms with Crippen molar-refractivity contribution in [3.05, 3.63) is 215 Å². The summed E-state index contributed by atoms with van der Waals surface area (Å²) >= 11 is 3.00. The lowest BCUT2D eigenvalue weighted by atomic mass is 9.84. The first-order chi connectivity index (χ1) is 20.3. The van der Waals surface area contributed by atoms with Gasteiger partial charge in [-0.15, -0.1) is 0 Å². The summed E-state index contributed by atoms with van der Waals surface area (Å²) in [6, 6.07) is 64.0. The summed E-state index contributed by atoms with van der Waals surface area (Å²) in [5, 5.41) is 0. The molecule has 0 N–H and O–H groups in total. The number of hydrogen-bond donors (Lipinski definition) is 0. The molecule has 0 bridgehead atoms. The van der Waals surface area contributed by atoms with Gasteiger partial charge >= 0.3 is 0 Å². The predicted octanol–water partition coefficient (Wildman–Crippen LogP) is 10.3. The zero-order chi connectivity index (χ0) is 27.8. The molecule has 0 aliphatic heterocycles. The van der Waals surface area contributed by atoms with Gasteiger partial charge in [-0.1, -0.05) is 182 Å². The van der Waals surface area contributed by atoms with Crippen molar-refractivity contribution in [2.24, 2.45) is 0 Å². The Bertz CT molecular complexity index is 1310. The lowest BCUT2D eigenvalue weighted by molar-refractivity contribution is 0.692. The van der Waals surface area contributed by atoms with E-state index in [0.29, 0.717) is 0 Å². The molecule has 200 valence electrons. The minimum Gasteiger partial charge on any atom is -0.244 e. The predicted molar refractivity (Wildman–Crippen MR) is 175 cm³/mol. The van der Waals surface area contributed by atoms with E-state index >= 15 is 0 Å². The maximum atomic E-state index is 6.92. The van der Waals surface area contributed by atoms with Gasteiger partial charge in [0.05, 0.1) is 0 Å². The van der Waals surface area contributed by atoms with Gasteiger partial charge in [-0.2, -0.15) is 0 Å². The first kappa shape index (κ1) is 27.2. The Morgan fingerprint density at radius 2 is 0.439 bits per heavy atom. The van der Waals surface area contributed by atoms with E-state index in [1.807, 2.05) is 0 Å². The van der Waals surface area contributed by atoms with E-state index < -0.39 is 9.49 Å². The molecule has 0 atom stereocenters. The number of hydrogen-bond acceptors (Lipinski definition) is 3. The van der Waals surface area contributed by atoms with Gasteiger partial charge < -0.3 is 0 Å². The molecule has 0 spiro atoms. The van der Waals surface area contributed by atoms with Crippen molar-refractivity contribution in [2.45, 2.75) is 9.49 Å². The highest BCUT2D eigenvalue weighted by Gasteiger charge is 2.42. The largest absolute Gasteiger partial charge is 0.244 e. The van der Waals surface area contributed by atoms with Crippen LogP contribution in [0, 0.1) is 0 Å². The molecule has 6 aromatic carbocycles. The van der Waals surface area contributed by atoms with Crippen LogP contribution in [-0.4, -0.2) is 0 Å². The van der Waals surface area contributed by atoms with E-state index in [0.717, 1.165) is 33.4 Å². The second kappa shape index (κ2) is 12.7. The normalized spacial score (nSPS) is 11.7. The van der Waals surface area contributed by atoms with Gasteiger partial charge in [-0.25, -0.2) is 3.63 Å². The van der Waals surface area contributed by atoms with Crippen LogP contribution in [0.3, 0.4) is 0 Å². The average Bonchev–Trinajstić information content (AvgIpc) is 3.08. The molecule has 0 unspecified atom stereocenters. The number of benzene rings is 6. The summed E-state index contributed by atoms with van der Waals surface area (Å²) in [7, 11) is 0. The lowest BCUT2D eigenvalue weighted by Crippen LogP contribution is -2.28. The summed E-state index contributed by atoms with van der Waals surface area (Å²) in [5.41, 5.74) is 6.96. The fourth-order valence-electron chi connectivity index (χ4n) is 5.44. The average molecular weight is 567 g/mol. The van der Waals surface area contributed by atoms with Crippen LogP contribution < -0.4 is 0 Å². The minimum atomic E-state index is -0.591.